The molecule has 0 amide bonds. The Morgan fingerprint density at radius 3 is 1.10 bits per heavy atom. The van der Waals surface area contributed by atoms with Crippen molar-refractivity contribution >= 4 is 16.6 Å². The van der Waals surface area contributed by atoms with Crippen LogP contribution in [0.15, 0.2) is 0 Å². The van der Waals surface area contributed by atoms with Gasteiger partial charge >= 0.3 is 0 Å². The summed E-state index contributed by atoms with van der Waals surface area (Å²) in [7, 11) is -3.01. The van der Waals surface area contributed by atoms with E-state index in [-0.39, 0.29) is 0 Å². The Bertz CT molecular complexity index is 234. The first-order valence-corrected chi connectivity index (χ1v) is 14.2. The van der Waals surface area contributed by atoms with E-state index in [1.165, 1.54) is 42.7 Å². The first-order chi connectivity index (χ1) is 9.78. The zero-order chi connectivity index (χ0) is 16.5. The van der Waals surface area contributed by atoms with Crippen LogP contribution in [-0.2, 0) is 8.85 Å². The summed E-state index contributed by atoms with van der Waals surface area (Å²) in [6.45, 7) is 18.1. The molecule has 0 saturated carbocycles. The molecule has 0 spiro atoms. The Labute approximate surface area is 136 Å². The highest BCUT2D eigenvalue weighted by molar-refractivity contribution is 6.75. The van der Waals surface area contributed by atoms with E-state index >= 15 is 0 Å². The molecule has 0 unspecified atom stereocenters. The van der Waals surface area contributed by atoms with Crippen molar-refractivity contribution in [3.8, 4) is 0 Å². The van der Waals surface area contributed by atoms with E-state index in [0.717, 1.165) is 0 Å². The molecule has 0 N–H and O–H groups in total. The van der Waals surface area contributed by atoms with Crippen molar-refractivity contribution in [1.82, 2.24) is 0 Å². The molecule has 0 aromatic carbocycles. The van der Waals surface area contributed by atoms with E-state index in [9.17, 15) is 0 Å². The van der Waals surface area contributed by atoms with Crippen LogP contribution < -0.4 is 0 Å². The van der Waals surface area contributed by atoms with Crippen LogP contribution in [0.2, 0.25) is 36.3 Å². The molecule has 21 heavy (non-hydrogen) atoms. The zero-order valence-corrected chi connectivity index (χ0v) is 17.9. The first-order valence-electron chi connectivity index (χ1n) is 9.14. The summed E-state index contributed by atoms with van der Waals surface area (Å²) in [4.78, 5) is 0. The molecule has 128 valence electrons. The van der Waals surface area contributed by atoms with E-state index < -0.39 is 16.6 Å². The van der Waals surface area contributed by atoms with Gasteiger partial charge < -0.3 is 8.85 Å². The minimum Gasteiger partial charge on any atom is -0.415 e. The second-order valence-corrected chi connectivity index (χ2v) is 16.0. The maximum absolute atomic E-state index is 6.41. The quantitative estimate of drug-likeness (QED) is 0.396. The van der Waals surface area contributed by atoms with Gasteiger partial charge in [-0.05, 0) is 64.0 Å². The van der Waals surface area contributed by atoms with Crippen molar-refractivity contribution in [2.45, 2.75) is 110 Å². The van der Waals surface area contributed by atoms with Crippen LogP contribution in [0.25, 0.3) is 0 Å². The molecule has 0 rings (SSSR count). The van der Waals surface area contributed by atoms with Crippen LogP contribution in [0.5, 0.6) is 0 Å². The highest BCUT2D eigenvalue weighted by Crippen LogP contribution is 2.31. The molecule has 0 atom stereocenters. The van der Waals surface area contributed by atoms with Gasteiger partial charge in [0.2, 0.25) is 0 Å². The van der Waals surface area contributed by atoms with Crippen molar-refractivity contribution in [2.24, 2.45) is 0 Å². The SMILES string of the molecule is CC[Si](CC)(CCC[Si](CC)(CC)OC(C)C)OC(C)C. The highest BCUT2D eigenvalue weighted by Gasteiger charge is 2.35. The number of hydrogen-bond acceptors (Lipinski definition) is 2. The minimum atomic E-state index is -1.51. The van der Waals surface area contributed by atoms with Crippen molar-refractivity contribution in [3.05, 3.63) is 0 Å². The highest BCUT2D eigenvalue weighted by atomic mass is 28.4. The summed E-state index contributed by atoms with van der Waals surface area (Å²) in [5.74, 6) is 0. The Balaban J connectivity index is 4.65. The van der Waals surface area contributed by atoms with Gasteiger partial charge in [-0.1, -0.05) is 34.1 Å². The Morgan fingerprint density at radius 2 is 0.905 bits per heavy atom. The summed E-state index contributed by atoms with van der Waals surface area (Å²) < 4.78 is 12.8. The molecule has 0 aliphatic carbocycles. The molecule has 0 aliphatic rings. The van der Waals surface area contributed by atoms with Gasteiger partial charge in [0, 0.05) is 12.2 Å². The van der Waals surface area contributed by atoms with Crippen molar-refractivity contribution in [3.63, 3.8) is 0 Å². The number of rotatable bonds is 12. The average molecular weight is 333 g/mol. The maximum Gasteiger partial charge on any atom is 0.192 e. The van der Waals surface area contributed by atoms with Crippen LogP contribution in [0, 0.1) is 0 Å². The van der Waals surface area contributed by atoms with E-state index in [1.807, 2.05) is 0 Å². The molecule has 0 heterocycles. The van der Waals surface area contributed by atoms with Crippen LogP contribution >= 0.6 is 0 Å². The van der Waals surface area contributed by atoms with E-state index in [0.29, 0.717) is 12.2 Å². The lowest BCUT2D eigenvalue weighted by molar-refractivity contribution is 0.221. The molecular weight excluding hydrogens is 292 g/mol. The lowest BCUT2D eigenvalue weighted by Crippen LogP contribution is -2.42. The molecule has 0 aromatic rings. The summed E-state index contributed by atoms with van der Waals surface area (Å²) in [5.41, 5.74) is 0. The fourth-order valence-corrected chi connectivity index (χ4v) is 10.7. The largest absolute Gasteiger partial charge is 0.415 e. The second-order valence-electron chi connectivity index (χ2n) is 6.97. The van der Waals surface area contributed by atoms with E-state index in [4.69, 9.17) is 8.85 Å². The predicted octanol–water partition coefficient (Wildman–Crippen LogP) is 6.20. The smallest absolute Gasteiger partial charge is 0.192 e. The molecule has 0 aliphatic heterocycles. The lowest BCUT2D eigenvalue weighted by atomic mass is 10.5. The van der Waals surface area contributed by atoms with Crippen LogP contribution in [-0.4, -0.2) is 28.8 Å². The Kier molecular flexibility index (Phi) is 10.4. The monoisotopic (exact) mass is 332 g/mol. The first kappa shape index (κ1) is 21.4. The maximum atomic E-state index is 6.41. The molecule has 0 bridgehead atoms. The summed E-state index contributed by atoms with van der Waals surface area (Å²) in [6.07, 6.45) is 2.06. The average Bonchev–Trinajstić information content (AvgIpc) is 2.44. The van der Waals surface area contributed by atoms with Crippen molar-refractivity contribution in [1.29, 1.82) is 0 Å². The van der Waals surface area contributed by atoms with Crippen LogP contribution in [0.1, 0.15) is 61.8 Å². The fraction of sp³-hybridized carbons (Fsp3) is 1.00. The Hall–Kier alpha value is 0.354. The lowest BCUT2D eigenvalue weighted by Gasteiger charge is -2.35. The topological polar surface area (TPSA) is 18.5 Å². The van der Waals surface area contributed by atoms with Gasteiger partial charge in [0.15, 0.2) is 16.6 Å². The summed E-state index contributed by atoms with van der Waals surface area (Å²) >= 11 is 0. The predicted molar refractivity (Wildman–Crippen MR) is 100 cm³/mol. The fourth-order valence-electron chi connectivity index (χ4n) is 3.39. The van der Waals surface area contributed by atoms with Gasteiger partial charge in [0.1, 0.15) is 0 Å². The second kappa shape index (κ2) is 10.2. The van der Waals surface area contributed by atoms with Gasteiger partial charge in [0.25, 0.3) is 0 Å². The molecule has 4 heteroatoms. The van der Waals surface area contributed by atoms with E-state index in [1.54, 1.807) is 0 Å². The third-order valence-electron chi connectivity index (χ3n) is 4.81. The molecule has 0 radical (unpaired) electrons. The molecule has 0 aromatic heterocycles. The Morgan fingerprint density at radius 1 is 0.619 bits per heavy atom. The molecular formula is C17H40O2Si2. The number of hydrogen-bond donors (Lipinski definition) is 0. The third-order valence-corrected chi connectivity index (χ3v) is 14.4. The molecule has 0 fully saturated rings. The summed E-state index contributed by atoms with van der Waals surface area (Å²) in [6, 6.07) is 7.63. The van der Waals surface area contributed by atoms with Gasteiger partial charge in [-0.3, -0.25) is 0 Å². The minimum absolute atomic E-state index is 0.378. The van der Waals surface area contributed by atoms with Crippen LogP contribution in [0.4, 0.5) is 0 Å². The van der Waals surface area contributed by atoms with Gasteiger partial charge in [0.05, 0.1) is 0 Å². The normalized spacial score (nSPS) is 13.4. The molecule has 0 saturated heterocycles. The van der Waals surface area contributed by atoms with Gasteiger partial charge in [-0.15, -0.1) is 0 Å². The molecule has 2 nitrogen and oxygen atoms in total. The standard InChI is InChI=1S/C17H40O2Si2/c1-9-20(10-2,18-16(5)6)14-13-15-21(11-3,12-4)19-17(7)8/h16-17H,9-15H2,1-8H3. The van der Waals surface area contributed by atoms with Crippen molar-refractivity contribution in [2.75, 3.05) is 0 Å². The van der Waals surface area contributed by atoms with Crippen LogP contribution in [0.3, 0.4) is 0 Å². The zero-order valence-electron chi connectivity index (χ0n) is 15.9. The third kappa shape index (κ3) is 7.44. The van der Waals surface area contributed by atoms with Gasteiger partial charge in [-0.2, -0.15) is 0 Å². The van der Waals surface area contributed by atoms with Crippen molar-refractivity contribution < 1.29 is 8.85 Å². The van der Waals surface area contributed by atoms with E-state index in [2.05, 4.69) is 55.4 Å². The summed E-state index contributed by atoms with van der Waals surface area (Å²) in [5, 5.41) is 0. The van der Waals surface area contributed by atoms with Gasteiger partial charge in [-0.25, -0.2) is 0 Å².